The lowest BCUT2D eigenvalue weighted by atomic mass is 10.2. The molecule has 0 unspecified atom stereocenters. The molecule has 94 valence electrons. The van der Waals surface area contributed by atoms with Crippen LogP contribution in [0.2, 0.25) is 0 Å². The van der Waals surface area contributed by atoms with Crippen LogP contribution < -0.4 is 0 Å². The van der Waals surface area contributed by atoms with E-state index in [1.165, 1.54) is 6.20 Å². The zero-order valence-corrected chi connectivity index (χ0v) is 12.8. The van der Waals surface area contributed by atoms with Crippen molar-refractivity contribution in [3.8, 4) is 0 Å². The van der Waals surface area contributed by atoms with Crippen molar-refractivity contribution < 1.29 is 4.79 Å². The van der Waals surface area contributed by atoms with E-state index in [2.05, 4.69) is 47.2 Å². The number of aromatic nitrogens is 4. The maximum Gasteiger partial charge on any atom is 0.232 e. The fourth-order valence-corrected chi connectivity index (χ4v) is 2.68. The second-order valence-electron chi connectivity index (χ2n) is 3.66. The fraction of sp³-hybridized carbons (Fsp3) is 0.273. The Morgan fingerprint density at radius 3 is 2.83 bits per heavy atom. The molecule has 2 rings (SSSR count). The first kappa shape index (κ1) is 13.4. The molecule has 0 atom stereocenters. The lowest BCUT2D eigenvalue weighted by Crippen LogP contribution is -2.13. The highest BCUT2D eigenvalue weighted by Crippen LogP contribution is 2.21. The van der Waals surface area contributed by atoms with Crippen molar-refractivity contribution in [2.75, 3.05) is 0 Å². The second-order valence-corrected chi connectivity index (χ2v) is 5.43. The number of pyridine rings is 1. The molecule has 0 bridgehead atoms. The molecular weight excluding hydrogens is 364 g/mol. The van der Waals surface area contributed by atoms with Crippen molar-refractivity contribution in [2.45, 2.75) is 19.9 Å². The molecule has 0 aliphatic carbocycles. The molecule has 2 heterocycles. The van der Waals surface area contributed by atoms with Gasteiger partial charge in [0.05, 0.1) is 6.20 Å². The summed E-state index contributed by atoms with van der Waals surface area (Å²) in [5.74, 6) is -0.187. The van der Waals surface area contributed by atoms with E-state index >= 15 is 0 Å². The Morgan fingerprint density at radius 2 is 2.17 bits per heavy atom. The number of ketones is 1. The fourth-order valence-electron chi connectivity index (χ4n) is 1.51. The summed E-state index contributed by atoms with van der Waals surface area (Å²) >= 11 is 6.63. The van der Waals surface area contributed by atoms with Crippen LogP contribution in [0.15, 0.2) is 27.4 Å². The number of rotatable bonds is 4. The highest BCUT2D eigenvalue weighted by Gasteiger charge is 2.19. The largest absolute Gasteiger partial charge is 0.285 e. The van der Waals surface area contributed by atoms with E-state index in [4.69, 9.17) is 0 Å². The summed E-state index contributed by atoms with van der Waals surface area (Å²) in [5, 5.41) is 7.67. The van der Waals surface area contributed by atoms with Gasteiger partial charge in [-0.25, -0.2) is 4.68 Å². The summed E-state index contributed by atoms with van der Waals surface area (Å²) in [4.78, 5) is 16.4. The van der Waals surface area contributed by atoms with Crippen LogP contribution in [0.1, 0.15) is 29.5 Å². The average Bonchev–Trinajstić information content (AvgIpc) is 2.77. The Labute approximate surface area is 121 Å². The van der Waals surface area contributed by atoms with Gasteiger partial charge in [-0.15, -0.1) is 5.10 Å². The summed E-state index contributed by atoms with van der Waals surface area (Å²) < 4.78 is 3.05. The number of aryl methyl sites for hydroxylation is 1. The third-order valence-electron chi connectivity index (χ3n) is 2.31. The van der Waals surface area contributed by atoms with Gasteiger partial charge < -0.3 is 0 Å². The molecule has 0 saturated carbocycles. The smallest absolute Gasteiger partial charge is 0.232 e. The summed E-state index contributed by atoms with van der Waals surface area (Å²) in [5.41, 5.74) is 0.810. The van der Waals surface area contributed by atoms with E-state index < -0.39 is 0 Å². The molecule has 0 amide bonds. The standard InChI is InChI=1S/C11H10Br2N4O/c1-2-3-17-9(6-15-16-17)11(18)10-8(13)4-7(12)5-14-10/h4-6H,2-3H2,1H3. The molecule has 0 radical (unpaired) electrons. The highest BCUT2D eigenvalue weighted by atomic mass is 79.9. The van der Waals surface area contributed by atoms with Gasteiger partial charge in [0, 0.05) is 21.7 Å². The van der Waals surface area contributed by atoms with E-state index in [1.807, 2.05) is 6.92 Å². The Balaban J connectivity index is 2.38. The van der Waals surface area contributed by atoms with E-state index in [1.54, 1.807) is 16.9 Å². The van der Waals surface area contributed by atoms with Gasteiger partial charge in [0.15, 0.2) is 0 Å². The van der Waals surface area contributed by atoms with Gasteiger partial charge in [0.1, 0.15) is 11.4 Å². The van der Waals surface area contributed by atoms with Gasteiger partial charge in [-0.2, -0.15) is 0 Å². The molecule has 18 heavy (non-hydrogen) atoms. The first-order valence-corrected chi connectivity index (χ1v) is 6.96. The van der Waals surface area contributed by atoms with Crippen LogP contribution in [0.4, 0.5) is 0 Å². The van der Waals surface area contributed by atoms with Crippen molar-refractivity contribution in [1.82, 2.24) is 20.0 Å². The topological polar surface area (TPSA) is 60.7 Å². The monoisotopic (exact) mass is 372 g/mol. The summed E-state index contributed by atoms with van der Waals surface area (Å²) in [6.45, 7) is 2.68. The summed E-state index contributed by atoms with van der Waals surface area (Å²) in [6, 6.07) is 1.79. The summed E-state index contributed by atoms with van der Waals surface area (Å²) in [7, 11) is 0. The van der Waals surface area contributed by atoms with Crippen LogP contribution in [0.25, 0.3) is 0 Å². The molecule has 0 fully saturated rings. The number of carbonyl (C=O) groups is 1. The van der Waals surface area contributed by atoms with E-state index in [0.29, 0.717) is 22.4 Å². The van der Waals surface area contributed by atoms with E-state index in [9.17, 15) is 4.79 Å². The van der Waals surface area contributed by atoms with Crippen LogP contribution in [0.5, 0.6) is 0 Å². The van der Waals surface area contributed by atoms with Crippen LogP contribution in [-0.4, -0.2) is 25.8 Å². The van der Waals surface area contributed by atoms with Crippen molar-refractivity contribution >= 4 is 37.6 Å². The van der Waals surface area contributed by atoms with E-state index in [0.717, 1.165) is 10.9 Å². The number of carbonyl (C=O) groups excluding carboxylic acids is 1. The van der Waals surface area contributed by atoms with Crippen molar-refractivity contribution in [2.24, 2.45) is 0 Å². The molecule has 2 aromatic heterocycles. The molecule has 2 aromatic rings. The van der Waals surface area contributed by atoms with Crippen molar-refractivity contribution in [3.05, 3.63) is 38.8 Å². The van der Waals surface area contributed by atoms with Crippen LogP contribution in [0.3, 0.4) is 0 Å². The molecule has 7 heteroatoms. The summed E-state index contributed by atoms with van der Waals surface area (Å²) in [6.07, 6.45) is 3.94. The Morgan fingerprint density at radius 1 is 1.39 bits per heavy atom. The minimum Gasteiger partial charge on any atom is -0.285 e. The lowest BCUT2D eigenvalue weighted by molar-refractivity contribution is 0.102. The van der Waals surface area contributed by atoms with Gasteiger partial charge in [-0.05, 0) is 44.3 Å². The molecule has 0 N–H and O–H groups in total. The maximum atomic E-state index is 12.3. The minimum absolute atomic E-state index is 0.187. The quantitative estimate of drug-likeness (QED) is 0.773. The SMILES string of the molecule is CCCn1nncc1C(=O)c1ncc(Br)cc1Br. The Bertz CT molecular complexity index is 582. The molecule has 0 aliphatic heterocycles. The van der Waals surface area contributed by atoms with Crippen LogP contribution in [-0.2, 0) is 6.54 Å². The Hall–Kier alpha value is -1.08. The highest BCUT2D eigenvalue weighted by molar-refractivity contribution is 9.11. The molecule has 0 spiro atoms. The van der Waals surface area contributed by atoms with Crippen molar-refractivity contribution in [3.63, 3.8) is 0 Å². The second kappa shape index (κ2) is 5.71. The average molecular weight is 374 g/mol. The molecule has 5 nitrogen and oxygen atoms in total. The predicted octanol–water partition coefficient (Wildman–Crippen LogP) is 2.84. The predicted molar refractivity (Wildman–Crippen MR) is 73.4 cm³/mol. The zero-order valence-electron chi connectivity index (χ0n) is 9.60. The molecule has 0 saturated heterocycles. The van der Waals surface area contributed by atoms with Gasteiger partial charge >= 0.3 is 0 Å². The molecule has 0 aliphatic rings. The Kier molecular flexibility index (Phi) is 4.23. The number of hydrogen-bond acceptors (Lipinski definition) is 4. The lowest BCUT2D eigenvalue weighted by Gasteiger charge is -2.05. The van der Waals surface area contributed by atoms with E-state index in [-0.39, 0.29) is 5.78 Å². The van der Waals surface area contributed by atoms with Gasteiger partial charge in [-0.1, -0.05) is 12.1 Å². The van der Waals surface area contributed by atoms with Gasteiger partial charge in [0.2, 0.25) is 5.78 Å². The van der Waals surface area contributed by atoms with Crippen LogP contribution >= 0.6 is 31.9 Å². The zero-order chi connectivity index (χ0) is 13.1. The number of nitrogens with zero attached hydrogens (tertiary/aromatic N) is 4. The minimum atomic E-state index is -0.187. The van der Waals surface area contributed by atoms with Gasteiger partial charge in [-0.3, -0.25) is 9.78 Å². The maximum absolute atomic E-state index is 12.3. The van der Waals surface area contributed by atoms with Crippen molar-refractivity contribution in [1.29, 1.82) is 0 Å². The molecular formula is C11H10Br2N4O. The molecule has 0 aromatic carbocycles. The van der Waals surface area contributed by atoms with Crippen LogP contribution in [0, 0.1) is 0 Å². The first-order chi connectivity index (χ1) is 8.63. The first-order valence-electron chi connectivity index (χ1n) is 5.37. The van der Waals surface area contributed by atoms with Gasteiger partial charge in [0.25, 0.3) is 0 Å². The number of hydrogen-bond donors (Lipinski definition) is 0. The normalized spacial score (nSPS) is 10.6. The third kappa shape index (κ3) is 2.67. The third-order valence-corrected chi connectivity index (χ3v) is 3.35. The number of halogens is 2.